The molecule has 1 saturated heterocycles. The molecule has 1 aromatic carbocycles. The molecule has 2 rings (SSSR count). The number of carbonyl (C=O) groups is 1. The highest BCUT2D eigenvalue weighted by molar-refractivity contribution is 8.77. The van der Waals surface area contributed by atoms with Gasteiger partial charge in [-0.25, -0.2) is 0 Å². The lowest BCUT2D eigenvalue weighted by molar-refractivity contribution is -0.147. The molecule has 1 aromatic rings. The normalized spacial score (nSPS) is 20.6. The van der Waals surface area contributed by atoms with Gasteiger partial charge in [-0.1, -0.05) is 40.1 Å². The number of aliphatic hydroxyl groups is 1. The van der Waals surface area contributed by atoms with E-state index in [0.29, 0.717) is 22.7 Å². The van der Waals surface area contributed by atoms with Gasteiger partial charge in [-0.3, -0.25) is 4.79 Å². The van der Waals surface area contributed by atoms with Crippen molar-refractivity contribution < 1.29 is 24.1 Å². The van der Waals surface area contributed by atoms with E-state index in [9.17, 15) is 9.90 Å². The summed E-state index contributed by atoms with van der Waals surface area (Å²) in [7, 11) is 5.47. The number of carbonyl (C=O) groups excluding carboxylic acids is 1. The lowest BCUT2D eigenvalue weighted by Crippen LogP contribution is -2.25. The molecular formula is C19H28O5S2. The second kappa shape index (κ2) is 10.9. The van der Waals surface area contributed by atoms with Crippen molar-refractivity contribution in [3.05, 3.63) is 24.3 Å². The molecule has 1 aliphatic rings. The Kier molecular flexibility index (Phi) is 8.95. The highest BCUT2D eigenvalue weighted by Crippen LogP contribution is 2.49. The van der Waals surface area contributed by atoms with E-state index in [0.717, 1.165) is 19.3 Å². The quantitative estimate of drug-likeness (QED) is 0.341. The van der Waals surface area contributed by atoms with Gasteiger partial charge in [0.15, 0.2) is 11.5 Å². The van der Waals surface area contributed by atoms with Crippen LogP contribution in [0.2, 0.25) is 0 Å². The molecule has 0 saturated carbocycles. The van der Waals surface area contributed by atoms with Crippen LogP contribution in [0.1, 0.15) is 39.0 Å². The summed E-state index contributed by atoms with van der Waals surface area (Å²) in [4.78, 5) is 11.8. The van der Waals surface area contributed by atoms with Crippen LogP contribution in [-0.2, 0) is 9.53 Å². The van der Waals surface area contributed by atoms with Crippen molar-refractivity contribution in [3.63, 3.8) is 0 Å². The van der Waals surface area contributed by atoms with E-state index >= 15 is 0 Å². The van der Waals surface area contributed by atoms with E-state index in [2.05, 4.69) is 6.92 Å². The minimum atomic E-state index is -0.866. The maximum absolute atomic E-state index is 11.8. The monoisotopic (exact) mass is 400 g/mol. The molecule has 1 fully saturated rings. The SMILES string of the molecule is COc1ccccc1OCC(O)COC(=O)CCCC[C@]1(C)CCSS1. The summed E-state index contributed by atoms with van der Waals surface area (Å²) in [5, 5.41) is 9.92. The van der Waals surface area contributed by atoms with Gasteiger partial charge in [-0.05, 0) is 38.3 Å². The average Bonchev–Trinajstić information content (AvgIpc) is 3.08. The van der Waals surface area contributed by atoms with Gasteiger partial charge in [-0.2, -0.15) is 0 Å². The molecule has 0 bridgehead atoms. The topological polar surface area (TPSA) is 65.0 Å². The Bertz CT molecular complexity index is 561. The van der Waals surface area contributed by atoms with Crippen molar-refractivity contribution in [1.82, 2.24) is 0 Å². The summed E-state index contributed by atoms with van der Waals surface area (Å²) in [6.45, 7) is 2.28. The Morgan fingerprint density at radius 2 is 2.04 bits per heavy atom. The van der Waals surface area contributed by atoms with Gasteiger partial charge in [0.05, 0.1) is 7.11 Å². The number of esters is 1. The van der Waals surface area contributed by atoms with Crippen LogP contribution in [0, 0.1) is 0 Å². The Morgan fingerprint density at radius 1 is 1.27 bits per heavy atom. The number of hydrogen-bond acceptors (Lipinski definition) is 7. The van der Waals surface area contributed by atoms with E-state index in [1.165, 1.54) is 12.2 Å². The van der Waals surface area contributed by atoms with Crippen LogP contribution in [0.15, 0.2) is 24.3 Å². The number of unbranched alkanes of at least 4 members (excludes halogenated alkanes) is 1. The van der Waals surface area contributed by atoms with Crippen molar-refractivity contribution >= 4 is 27.6 Å². The fraction of sp³-hybridized carbons (Fsp3) is 0.632. The van der Waals surface area contributed by atoms with Crippen molar-refractivity contribution in [3.8, 4) is 11.5 Å². The number of para-hydroxylation sites is 2. The summed E-state index contributed by atoms with van der Waals surface area (Å²) < 4.78 is 16.2. The Labute approximate surface area is 163 Å². The molecule has 0 spiro atoms. The molecule has 0 aromatic heterocycles. The summed E-state index contributed by atoms with van der Waals surface area (Å²) in [6, 6.07) is 7.21. The maximum Gasteiger partial charge on any atom is 0.305 e. The van der Waals surface area contributed by atoms with Gasteiger partial charge < -0.3 is 19.3 Å². The summed E-state index contributed by atoms with van der Waals surface area (Å²) >= 11 is 0. The number of ether oxygens (including phenoxy) is 3. The second-order valence-corrected chi connectivity index (χ2v) is 9.61. The third kappa shape index (κ3) is 7.29. The van der Waals surface area contributed by atoms with Crippen LogP contribution in [0.4, 0.5) is 0 Å². The van der Waals surface area contributed by atoms with E-state index in [-0.39, 0.29) is 19.2 Å². The Morgan fingerprint density at radius 3 is 2.73 bits per heavy atom. The number of rotatable bonds is 11. The Hall–Kier alpha value is -1.05. The number of methoxy groups -OCH3 is 1. The van der Waals surface area contributed by atoms with Crippen LogP contribution in [0.5, 0.6) is 11.5 Å². The van der Waals surface area contributed by atoms with Gasteiger partial charge in [0.25, 0.3) is 0 Å². The van der Waals surface area contributed by atoms with Crippen molar-refractivity contribution in [2.75, 3.05) is 26.1 Å². The zero-order chi connectivity index (χ0) is 18.8. The van der Waals surface area contributed by atoms with Gasteiger partial charge in [0, 0.05) is 16.9 Å². The largest absolute Gasteiger partial charge is 0.493 e. The summed E-state index contributed by atoms with van der Waals surface area (Å²) in [6.07, 6.45) is 3.76. The highest BCUT2D eigenvalue weighted by atomic mass is 33.1. The zero-order valence-electron chi connectivity index (χ0n) is 15.4. The van der Waals surface area contributed by atoms with Crippen LogP contribution < -0.4 is 9.47 Å². The van der Waals surface area contributed by atoms with Gasteiger partial charge in [0.2, 0.25) is 0 Å². The number of hydrogen-bond donors (Lipinski definition) is 1. The molecular weight excluding hydrogens is 372 g/mol. The molecule has 7 heteroatoms. The van der Waals surface area contributed by atoms with Crippen LogP contribution >= 0.6 is 21.6 Å². The lowest BCUT2D eigenvalue weighted by atomic mass is 9.99. The minimum Gasteiger partial charge on any atom is -0.493 e. The smallest absolute Gasteiger partial charge is 0.305 e. The number of benzene rings is 1. The first-order valence-electron chi connectivity index (χ1n) is 8.92. The average molecular weight is 401 g/mol. The zero-order valence-corrected chi connectivity index (χ0v) is 17.1. The molecule has 0 aliphatic carbocycles. The minimum absolute atomic E-state index is 0.0426. The molecule has 2 atom stereocenters. The standard InChI is InChI=1S/C19H28O5S2/c1-19(11-12-25-26-19)10-6-5-9-18(21)24-14-15(20)13-23-17-8-4-3-7-16(17)22-2/h3-4,7-8,15,20H,5-6,9-14H2,1-2H3/t15?,19-/m1/s1. The van der Waals surface area contributed by atoms with E-state index < -0.39 is 6.10 Å². The van der Waals surface area contributed by atoms with Crippen LogP contribution in [-0.4, -0.2) is 48.0 Å². The summed E-state index contributed by atoms with van der Waals surface area (Å²) in [5.41, 5.74) is 0. The Balaban J connectivity index is 1.56. The first kappa shape index (κ1) is 21.3. The molecule has 1 aliphatic heterocycles. The summed E-state index contributed by atoms with van der Waals surface area (Å²) in [5.74, 6) is 2.11. The van der Waals surface area contributed by atoms with E-state index in [4.69, 9.17) is 14.2 Å². The van der Waals surface area contributed by atoms with E-state index in [1.807, 2.05) is 33.7 Å². The molecule has 0 amide bonds. The second-order valence-electron chi connectivity index (χ2n) is 6.61. The lowest BCUT2D eigenvalue weighted by Gasteiger charge is -2.20. The van der Waals surface area contributed by atoms with Gasteiger partial charge in [0.1, 0.15) is 19.3 Å². The predicted molar refractivity (Wildman–Crippen MR) is 107 cm³/mol. The third-order valence-electron chi connectivity index (χ3n) is 4.25. The molecule has 146 valence electrons. The predicted octanol–water partition coefficient (Wildman–Crippen LogP) is 4.08. The number of aliphatic hydroxyl groups excluding tert-OH is 1. The highest BCUT2D eigenvalue weighted by Gasteiger charge is 2.29. The first-order valence-corrected chi connectivity index (χ1v) is 11.2. The van der Waals surface area contributed by atoms with Gasteiger partial charge >= 0.3 is 5.97 Å². The van der Waals surface area contributed by atoms with E-state index in [1.54, 1.807) is 19.2 Å². The van der Waals surface area contributed by atoms with Gasteiger partial charge in [-0.15, -0.1) is 0 Å². The molecule has 1 unspecified atom stereocenters. The molecule has 1 heterocycles. The van der Waals surface area contributed by atoms with Crippen LogP contribution in [0.3, 0.4) is 0 Å². The van der Waals surface area contributed by atoms with Crippen molar-refractivity contribution in [2.45, 2.75) is 49.9 Å². The molecule has 0 radical (unpaired) electrons. The molecule has 1 N–H and O–H groups in total. The first-order chi connectivity index (χ1) is 12.5. The molecule has 5 nitrogen and oxygen atoms in total. The van der Waals surface area contributed by atoms with Crippen molar-refractivity contribution in [2.24, 2.45) is 0 Å². The third-order valence-corrected chi connectivity index (χ3v) is 7.61. The fourth-order valence-corrected chi connectivity index (χ4v) is 5.95. The fourth-order valence-electron chi connectivity index (χ4n) is 2.65. The maximum atomic E-state index is 11.8. The van der Waals surface area contributed by atoms with Crippen LogP contribution in [0.25, 0.3) is 0 Å². The molecule has 26 heavy (non-hydrogen) atoms. The van der Waals surface area contributed by atoms with Crippen molar-refractivity contribution in [1.29, 1.82) is 0 Å².